The summed E-state index contributed by atoms with van der Waals surface area (Å²) in [7, 11) is 0. The van der Waals surface area contributed by atoms with Gasteiger partial charge in [-0.05, 0) is 50.5 Å². The van der Waals surface area contributed by atoms with Crippen molar-refractivity contribution in [3.63, 3.8) is 0 Å². The van der Waals surface area contributed by atoms with Gasteiger partial charge in [-0.1, -0.05) is 29.5 Å². The van der Waals surface area contributed by atoms with E-state index in [0.29, 0.717) is 29.2 Å². The highest BCUT2D eigenvalue weighted by Gasteiger charge is 2.33. The lowest BCUT2D eigenvalue weighted by Gasteiger charge is -2.33. The number of amides is 1. The van der Waals surface area contributed by atoms with Gasteiger partial charge in [0.2, 0.25) is 0 Å². The van der Waals surface area contributed by atoms with Crippen LogP contribution in [0.1, 0.15) is 47.4 Å². The summed E-state index contributed by atoms with van der Waals surface area (Å²) >= 11 is 5.96. The van der Waals surface area contributed by atoms with E-state index in [1.807, 2.05) is 12.1 Å². The molecule has 1 aliphatic carbocycles. The average Bonchev–Trinajstić information content (AvgIpc) is 2.99. The van der Waals surface area contributed by atoms with Gasteiger partial charge in [-0.25, -0.2) is 0 Å². The zero-order chi connectivity index (χ0) is 17.9. The maximum atomic E-state index is 12.3. The normalized spacial score (nSPS) is 22.8. The van der Waals surface area contributed by atoms with E-state index >= 15 is 0 Å². The molecule has 4 nitrogen and oxygen atoms in total. The third-order valence-corrected chi connectivity index (χ3v) is 4.66. The molecule has 0 aliphatic heterocycles. The molecule has 0 saturated heterocycles. The molecule has 2 N–H and O–H groups in total. The Bertz CT molecular complexity index is 833. The monoisotopic (exact) mass is 357 g/mol. The number of nitrogens with one attached hydrogen (secondary N) is 1. The summed E-state index contributed by atoms with van der Waals surface area (Å²) in [5.41, 5.74) is 0.185. The van der Waals surface area contributed by atoms with Crippen molar-refractivity contribution in [2.75, 3.05) is 0 Å². The Labute approximate surface area is 152 Å². The van der Waals surface area contributed by atoms with E-state index in [4.69, 9.17) is 16.0 Å². The summed E-state index contributed by atoms with van der Waals surface area (Å²) in [6.45, 7) is 1.75. The van der Waals surface area contributed by atoms with Crippen molar-refractivity contribution in [3.05, 3.63) is 58.5 Å². The standard InChI is InChI=1S/C20H20ClNO3/c1-14-18(8-11-25-14)19(23)22-17-6-3-9-20(24,13-17)10-7-15-4-2-5-16(21)12-15/h2,4-5,8,11-12,17,24H,3,6,9,13H2,1H3,(H,22,23)/t17-,20?/m0/s1. The summed E-state index contributed by atoms with van der Waals surface area (Å²) in [6.07, 6.45) is 4.12. The first-order valence-corrected chi connectivity index (χ1v) is 8.69. The second-order valence-corrected chi connectivity index (χ2v) is 6.89. The first-order valence-electron chi connectivity index (χ1n) is 8.31. The molecule has 1 fully saturated rings. The number of halogens is 1. The molecule has 0 spiro atoms. The lowest BCUT2D eigenvalue weighted by Crippen LogP contribution is -2.45. The van der Waals surface area contributed by atoms with Crippen LogP contribution in [0, 0.1) is 18.8 Å². The van der Waals surface area contributed by atoms with Crippen LogP contribution in [0.15, 0.2) is 41.0 Å². The highest BCUT2D eigenvalue weighted by Crippen LogP contribution is 2.28. The zero-order valence-corrected chi connectivity index (χ0v) is 14.8. The van der Waals surface area contributed by atoms with E-state index in [2.05, 4.69) is 17.2 Å². The van der Waals surface area contributed by atoms with Gasteiger partial charge in [0, 0.05) is 23.0 Å². The molecule has 1 aromatic carbocycles. The molecule has 25 heavy (non-hydrogen) atoms. The molecule has 130 valence electrons. The Balaban J connectivity index is 1.68. The van der Waals surface area contributed by atoms with Gasteiger partial charge < -0.3 is 14.8 Å². The molecule has 5 heteroatoms. The molecule has 0 radical (unpaired) electrons. The van der Waals surface area contributed by atoms with Gasteiger partial charge in [-0.15, -0.1) is 0 Å². The quantitative estimate of drug-likeness (QED) is 0.805. The molecule has 1 aromatic heterocycles. The second-order valence-electron chi connectivity index (χ2n) is 6.45. The number of hydrogen-bond acceptors (Lipinski definition) is 3. The summed E-state index contributed by atoms with van der Waals surface area (Å²) in [5, 5.41) is 14.4. The van der Waals surface area contributed by atoms with Gasteiger partial charge in [-0.3, -0.25) is 4.79 Å². The lowest BCUT2D eigenvalue weighted by atomic mass is 9.82. The number of carbonyl (C=O) groups is 1. The minimum Gasteiger partial charge on any atom is -0.469 e. The summed E-state index contributed by atoms with van der Waals surface area (Å²) in [6, 6.07) is 8.76. The van der Waals surface area contributed by atoms with E-state index in [1.54, 1.807) is 25.1 Å². The van der Waals surface area contributed by atoms with Crippen molar-refractivity contribution in [3.8, 4) is 11.8 Å². The lowest BCUT2D eigenvalue weighted by molar-refractivity contribution is 0.0452. The van der Waals surface area contributed by atoms with Crippen LogP contribution in [0.2, 0.25) is 5.02 Å². The Morgan fingerprint density at radius 2 is 2.28 bits per heavy atom. The largest absolute Gasteiger partial charge is 0.469 e. The van der Waals surface area contributed by atoms with Crippen LogP contribution in [-0.2, 0) is 0 Å². The third kappa shape index (κ3) is 4.45. The van der Waals surface area contributed by atoms with Crippen molar-refractivity contribution < 1.29 is 14.3 Å². The van der Waals surface area contributed by atoms with Crippen molar-refractivity contribution in [2.24, 2.45) is 0 Å². The summed E-state index contributed by atoms with van der Waals surface area (Å²) < 4.78 is 5.17. The molecule has 1 amide bonds. The van der Waals surface area contributed by atoms with Gasteiger partial charge in [-0.2, -0.15) is 0 Å². The average molecular weight is 358 g/mol. The topological polar surface area (TPSA) is 62.5 Å². The van der Waals surface area contributed by atoms with Crippen molar-refractivity contribution >= 4 is 17.5 Å². The molecular formula is C20H20ClNO3. The Kier molecular flexibility index (Phi) is 5.17. The predicted octanol–water partition coefficient (Wildman–Crippen LogP) is 3.70. The fourth-order valence-electron chi connectivity index (χ4n) is 3.13. The Morgan fingerprint density at radius 3 is 3.00 bits per heavy atom. The van der Waals surface area contributed by atoms with Gasteiger partial charge in [0.05, 0.1) is 11.8 Å². The maximum Gasteiger partial charge on any atom is 0.255 e. The molecule has 0 bridgehead atoms. The van der Waals surface area contributed by atoms with Gasteiger partial charge in [0.15, 0.2) is 0 Å². The molecular weight excluding hydrogens is 338 g/mol. The summed E-state index contributed by atoms with van der Waals surface area (Å²) in [5.74, 6) is 6.37. The number of aryl methyl sites for hydroxylation is 1. The molecule has 1 aliphatic rings. The molecule has 3 rings (SSSR count). The smallest absolute Gasteiger partial charge is 0.255 e. The van der Waals surface area contributed by atoms with Crippen LogP contribution in [-0.4, -0.2) is 22.7 Å². The molecule has 1 saturated carbocycles. The molecule has 2 atom stereocenters. The number of benzene rings is 1. The first-order chi connectivity index (χ1) is 12.0. The summed E-state index contributed by atoms with van der Waals surface area (Å²) in [4.78, 5) is 12.3. The minimum absolute atomic E-state index is 0.116. The van der Waals surface area contributed by atoms with Crippen LogP contribution in [0.25, 0.3) is 0 Å². The van der Waals surface area contributed by atoms with Crippen molar-refractivity contribution in [1.29, 1.82) is 0 Å². The van der Waals surface area contributed by atoms with Gasteiger partial charge >= 0.3 is 0 Å². The van der Waals surface area contributed by atoms with Gasteiger partial charge in [0.25, 0.3) is 5.91 Å². The number of furan rings is 1. The first kappa shape index (κ1) is 17.6. The fraction of sp³-hybridized carbons (Fsp3) is 0.350. The van der Waals surface area contributed by atoms with Crippen LogP contribution < -0.4 is 5.32 Å². The predicted molar refractivity (Wildman–Crippen MR) is 96.4 cm³/mol. The van der Waals surface area contributed by atoms with E-state index in [-0.39, 0.29) is 11.9 Å². The second kappa shape index (κ2) is 7.35. The van der Waals surface area contributed by atoms with E-state index in [0.717, 1.165) is 18.4 Å². The van der Waals surface area contributed by atoms with E-state index in [9.17, 15) is 9.90 Å². The molecule has 1 heterocycles. The van der Waals surface area contributed by atoms with Crippen LogP contribution >= 0.6 is 11.6 Å². The number of aliphatic hydroxyl groups is 1. The zero-order valence-electron chi connectivity index (χ0n) is 14.0. The third-order valence-electron chi connectivity index (χ3n) is 4.43. The van der Waals surface area contributed by atoms with Crippen LogP contribution in [0.3, 0.4) is 0 Å². The molecule has 1 unspecified atom stereocenters. The Hall–Kier alpha value is -2.22. The maximum absolute atomic E-state index is 12.3. The Morgan fingerprint density at radius 1 is 1.44 bits per heavy atom. The fourth-order valence-corrected chi connectivity index (χ4v) is 3.32. The minimum atomic E-state index is -1.11. The molecule has 2 aromatic rings. The highest BCUT2D eigenvalue weighted by molar-refractivity contribution is 6.30. The number of rotatable bonds is 2. The van der Waals surface area contributed by atoms with Crippen LogP contribution in [0.4, 0.5) is 0 Å². The van der Waals surface area contributed by atoms with E-state index in [1.165, 1.54) is 6.26 Å². The van der Waals surface area contributed by atoms with Crippen LogP contribution in [0.5, 0.6) is 0 Å². The number of carbonyl (C=O) groups excluding carboxylic acids is 1. The SMILES string of the molecule is Cc1occc1C(=O)N[C@H]1CCCC(O)(C#Cc2cccc(Cl)c2)C1. The van der Waals surface area contributed by atoms with Crippen molar-refractivity contribution in [1.82, 2.24) is 5.32 Å². The highest BCUT2D eigenvalue weighted by atomic mass is 35.5. The van der Waals surface area contributed by atoms with E-state index < -0.39 is 5.60 Å². The number of hydrogen-bond donors (Lipinski definition) is 2. The van der Waals surface area contributed by atoms with Gasteiger partial charge in [0.1, 0.15) is 11.4 Å². The van der Waals surface area contributed by atoms with Crippen molar-refractivity contribution in [2.45, 2.75) is 44.2 Å².